The Kier molecular flexibility index (Phi) is 3.05. The van der Waals surface area contributed by atoms with Crippen LogP contribution in [0.5, 0.6) is 11.5 Å². The van der Waals surface area contributed by atoms with Gasteiger partial charge in [-0.05, 0) is 30.7 Å². The molecule has 0 aliphatic carbocycles. The van der Waals surface area contributed by atoms with Gasteiger partial charge in [0.05, 0.1) is 4.92 Å². The minimum atomic E-state index is -0.467. The SMILES string of the molecule is [CH2]c1ccc(Oc2ccccc2[N+](=O)[O-])cc1. The molecule has 85 valence electrons. The molecule has 2 aromatic rings. The first kappa shape index (κ1) is 11.1. The van der Waals surface area contributed by atoms with Crippen molar-refractivity contribution in [2.75, 3.05) is 0 Å². The van der Waals surface area contributed by atoms with Gasteiger partial charge in [0.15, 0.2) is 0 Å². The first-order chi connectivity index (χ1) is 8.16. The molecule has 0 N–H and O–H groups in total. The van der Waals surface area contributed by atoms with Crippen LogP contribution in [0.15, 0.2) is 48.5 Å². The Bertz CT molecular complexity index is 535. The highest BCUT2D eigenvalue weighted by molar-refractivity contribution is 5.48. The lowest BCUT2D eigenvalue weighted by Gasteiger charge is -2.05. The zero-order valence-electron chi connectivity index (χ0n) is 9.00. The van der Waals surface area contributed by atoms with Gasteiger partial charge in [-0.3, -0.25) is 10.1 Å². The van der Waals surface area contributed by atoms with Crippen molar-refractivity contribution in [2.45, 2.75) is 0 Å². The van der Waals surface area contributed by atoms with Crippen LogP contribution < -0.4 is 4.74 Å². The molecule has 0 atom stereocenters. The van der Waals surface area contributed by atoms with E-state index >= 15 is 0 Å². The molecule has 17 heavy (non-hydrogen) atoms. The fourth-order valence-corrected chi connectivity index (χ4v) is 1.38. The maximum atomic E-state index is 10.8. The van der Waals surface area contributed by atoms with E-state index in [-0.39, 0.29) is 11.4 Å². The third-order valence-corrected chi connectivity index (χ3v) is 2.21. The number of ether oxygens (including phenoxy) is 1. The van der Waals surface area contributed by atoms with Crippen molar-refractivity contribution in [3.05, 3.63) is 71.1 Å². The molecule has 0 saturated heterocycles. The molecule has 2 rings (SSSR count). The summed E-state index contributed by atoms with van der Waals surface area (Å²) in [6.07, 6.45) is 0. The molecular formula is C13H10NO3. The van der Waals surface area contributed by atoms with Crippen LogP contribution in [0.1, 0.15) is 5.56 Å². The summed E-state index contributed by atoms with van der Waals surface area (Å²) in [5.41, 5.74) is 0.811. The van der Waals surface area contributed by atoms with Gasteiger partial charge in [0.2, 0.25) is 5.75 Å². The van der Waals surface area contributed by atoms with Gasteiger partial charge in [-0.1, -0.05) is 24.3 Å². The Hall–Kier alpha value is -2.36. The van der Waals surface area contributed by atoms with Crippen LogP contribution >= 0.6 is 0 Å². The number of nitro benzene ring substituents is 1. The minimum absolute atomic E-state index is 0.0498. The van der Waals surface area contributed by atoms with Crippen LogP contribution in [0, 0.1) is 17.0 Å². The number of benzene rings is 2. The molecule has 0 amide bonds. The summed E-state index contributed by atoms with van der Waals surface area (Å²) in [5.74, 6) is 0.779. The quantitative estimate of drug-likeness (QED) is 0.596. The summed E-state index contributed by atoms with van der Waals surface area (Å²) < 4.78 is 5.46. The monoisotopic (exact) mass is 228 g/mol. The molecule has 1 radical (unpaired) electrons. The summed E-state index contributed by atoms with van der Waals surface area (Å²) >= 11 is 0. The van der Waals surface area contributed by atoms with E-state index in [1.807, 2.05) is 0 Å². The molecule has 4 nitrogen and oxygen atoms in total. The van der Waals surface area contributed by atoms with Gasteiger partial charge in [-0.2, -0.15) is 0 Å². The fraction of sp³-hybridized carbons (Fsp3) is 0. The highest BCUT2D eigenvalue weighted by Crippen LogP contribution is 2.30. The van der Waals surface area contributed by atoms with Gasteiger partial charge < -0.3 is 4.74 Å². The Balaban J connectivity index is 2.30. The predicted octanol–water partition coefficient (Wildman–Crippen LogP) is 3.57. The van der Waals surface area contributed by atoms with Crippen molar-refractivity contribution in [2.24, 2.45) is 0 Å². The van der Waals surface area contributed by atoms with Crippen LogP contribution in [-0.4, -0.2) is 4.92 Å². The van der Waals surface area contributed by atoms with Crippen molar-refractivity contribution in [1.29, 1.82) is 0 Å². The molecule has 0 aliphatic heterocycles. The van der Waals surface area contributed by atoms with Crippen LogP contribution in [0.25, 0.3) is 0 Å². The van der Waals surface area contributed by atoms with Crippen molar-refractivity contribution >= 4 is 5.69 Å². The molecule has 2 aromatic carbocycles. The van der Waals surface area contributed by atoms with Gasteiger partial charge in [0.1, 0.15) is 5.75 Å². The van der Waals surface area contributed by atoms with E-state index in [0.717, 1.165) is 5.56 Å². The Morgan fingerprint density at radius 1 is 1.06 bits per heavy atom. The Morgan fingerprint density at radius 2 is 1.71 bits per heavy atom. The molecule has 0 aliphatic rings. The largest absolute Gasteiger partial charge is 0.450 e. The summed E-state index contributed by atoms with van der Waals surface area (Å²) in [4.78, 5) is 10.3. The predicted molar refractivity (Wildman–Crippen MR) is 64.1 cm³/mol. The molecule has 0 unspecified atom stereocenters. The van der Waals surface area contributed by atoms with Crippen LogP contribution in [-0.2, 0) is 0 Å². The maximum Gasteiger partial charge on any atom is 0.311 e. The van der Waals surface area contributed by atoms with E-state index in [0.29, 0.717) is 5.75 Å². The van der Waals surface area contributed by atoms with E-state index in [1.165, 1.54) is 6.07 Å². The van der Waals surface area contributed by atoms with E-state index in [1.54, 1.807) is 42.5 Å². The number of nitro groups is 1. The Labute approximate surface area is 98.6 Å². The summed E-state index contributed by atoms with van der Waals surface area (Å²) in [6.45, 7) is 3.75. The third kappa shape index (κ3) is 2.60. The lowest BCUT2D eigenvalue weighted by Crippen LogP contribution is -1.92. The fourth-order valence-electron chi connectivity index (χ4n) is 1.38. The second-order valence-corrected chi connectivity index (χ2v) is 3.47. The lowest BCUT2D eigenvalue weighted by atomic mass is 10.2. The smallest absolute Gasteiger partial charge is 0.311 e. The van der Waals surface area contributed by atoms with Gasteiger partial charge >= 0.3 is 5.69 Å². The summed E-state index contributed by atoms with van der Waals surface area (Å²) in [6, 6.07) is 13.3. The van der Waals surface area contributed by atoms with E-state index < -0.39 is 4.92 Å². The molecule has 0 fully saturated rings. The molecule has 0 saturated carbocycles. The van der Waals surface area contributed by atoms with Gasteiger partial charge in [-0.25, -0.2) is 0 Å². The van der Waals surface area contributed by atoms with Gasteiger partial charge in [-0.15, -0.1) is 0 Å². The van der Waals surface area contributed by atoms with Crippen molar-refractivity contribution in [3.8, 4) is 11.5 Å². The molecular weight excluding hydrogens is 218 g/mol. The minimum Gasteiger partial charge on any atom is -0.450 e. The lowest BCUT2D eigenvalue weighted by molar-refractivity contribution is -0.385. The number of rotatable bonds is 3. The maximum absolute atomic E-state index is 10.8. The average Bonchev–Trinajstić information content (AvgIpc) is 2.32. The number of nitrogens with zero attached hydrogens (tertiary/aromatic N) is 1. The molecule has 0 bridgehead atoms. The van der Waals surface area contributed by atoms with E-state index in [4.69, 9.17) is 4.74 Å². The van der Waals surface area contributed by atoms with Crippen molar-refractivity contribution in [3.63, 3.8) is 0 Å². The molecule has 0 spiro atoms. The highest BCUT2D eigenvalue weighted by Gasteiger charge is 2.13. The Morgan fingerprint density at radius 3 is 2.35 bits per heavy atom. The van der Waals surface area contributed by atoms with E-state index in [2.05, 4.69) is 6.92 Å². The van der Waals surface area contributed by atoms with Gasteiger partial charge in [0.25, 0.3) is 0 Å². The second-order valence-electron chi connectivity index (χ2n) is 3.47. The number of hydrogen-bond donors (Lipinski definition) is 0. The third-order valence-electron chi connectivity index (χ3n) is 2.21. The zero-order valence-corrected chi connectivity index (χ0v) is 9.00. The molecule has 4 heteroatoms. The summed E-state index contributed by atoms with van der Waals surface area (Å²) in [5, 5.41) is 10.8. The van der Waals surface area contributed by atoms with Crippen LogP contribution in [0.2, 0.25) is 0 Å². The van der Waals surface area contributed by atoms with Crippen LogP contribution in [0.3, 0.4) is 0 Å². The number of para-hydroxylation sites is 2. The topological polar surface area (TPSA) is 52.4 Å². The highest BCUT2D eigenvalue weighted by atomic mass is 16.6. The first-order valence-corrected chi connectivity index (χ1v) is 5.00. The van der Waals surface area contributed by atoms with Crippen molar-refractivity contribution in [1.82, 2.24) is 0 Å². The second kappa shape index (κ2) is 4.65. The zero-order chi connectivity index (χ0) is 12.3. The normalized spacial score (nSPS) is 9.94. The average molecular weight is 228 g/mol. The number of hydrogen-bond acceptors (Lipinski definition) is 3. The van der Waals surface area contributed by atoms with Crippen molar-refractivity contribution < 1.29 is 9.66 Å². The summed E-state index contributed by atoms with van der Waals surface area (Å²) in [7, 11) is 0. The van der Waals surface area contributed by atoms with E-state index in [9.17, 15) is 10.1 Å². The standard InChI is InChI=1S/C13H10NO3/c1-10-6-8-11(9-7-10)17-13-5-3-2-4-12(13)14(15)16/h2-9H,1H2. The van der Waals surface area contributed by atoms with Gasteiger partial charge in [0, 0.05) is 6.07 Å². The first-order valence-electron chi connectivity index (χ1n) is 5.00. The van der Waals surface area contributed by atoms with Crippen LogP contribution in [0.4, 0.5) is 5.69 Å². The molecule has 0 aromatic heterocycles. The molecule has 0 heterocycles.